The quantitative estimate of drug-likeness (QED) is 0.890. The van der Waals surface area contributed by atoms with E-state index in [9.17, 15) is 9.59 Å². The number of nitrogens with one attached hydrogen (secondary N) is 1. The van der Waals surface area contributed by atoms with Gasteiger partial charge in [-0.2, -0.15) is 0 Å². The topological polar surface area (TPSA) is 62.3 Å². The van der Waals surface area contributed by atoms with Crippen LogP contribution in [-0.2, 0) is 9.59 Å². The predicted molar refractivity (Wildman–Crippen MR) is 90.1 cm³/mol. The summed E-state index contributed by atoms with van der Waals surface area (Å²) in [5.41, 5.74) is 0.814. The third-order valence-electron chi connectivity index (χ3n) is 3.49. The Bertz CT molecular complexity index is 714. The normalized spacial score (nSPS) is 17.8. The number of hydrogen-bond acceptors (Lipinski definition) is 4. The van der Waals surface area contributed by atoms with Gasteiger partial charge in [0, 0.05) is 34.2 Å². The number of nitrogens with zero attached hydrogens (tertiary/aromatic N) is 2. The van der Waals surface area contributed by atoms with Crippen LogP contribution >= 0.6 is 27.3 Å². The second-order valence-corrected chi connectivity index (χ2v) is 7.30. The molecule has 1 fully saturated rings. The number of rotatable bonds is 3. The van der Waals surface area contributed by atoms with E-state index in [2.05, 4.69) is 26.2 Å². The summed E-state index contributed by atoms with van der Waals surface area (Å²) in [6, 6.07) is 7.50. The lowest BCUT2D eigenvalue weighted by Gasteiger charge is -2.16. The number of halogens is 1. The molecule has 3 rings (SSSR count). The molecule has 1 aliphatic rings. The minimum Gasteiger partial charge on any atom is -0.312 e. The fourth-order valence-corrected chi connectivity index (χ4v) is 3.31. The van der Waals surface area contributed by atoms with E-state index in [4.69, 9.17) is 0 Å². The molecule has 1 atom stereocenters. The van der Waals surface area contributed by atoms with E-state index < -0.39 is 0 Å². The highest BCUT2D eigenvalue weighted by Gasteiger charge is 2.35. The van der Waals surface area contributed by atoms with Gasteiger partial charge in [-0.3, -0.25) is 9.59 Å². The summed E-state index contributed by atoms with van der Waals surface area (Å²) in [6.45, 7) is 2.33. The average molecular weight is 380 g/mol. The molecule has 5 nitrogen and oxygen atoms in total. The van der Waals surface area contributed by atoms with Crippen molar-refractivity contribution < 1.29 is 9.59 Å². The molecule has 1 aromatic heterocycles. The van der Waals surface area contributed by atoms with Gasteiger partial charge in [0.15, 0.2) is 5.13 Å². The summed E-state index contributed by atoms with van der Waals surface area (Å²) in [6.07, 6.45) is 1.94. The van der Waals surface area contributed by atoms with Crippen molar-refractivity contribution in [2.24, 2.45) is 5.92 Å². The molecule has 0 radical (unpaired) electrons. The maximum atomic E-state index is 12.3. The van der Waals surface area contributed by atoms with Crippen molar-refractivity contribution in [2.45, 2.75) is 13.3 Å². The Kier molecular flexibility index (Phi) is 4.26. The van der Waals surface area contributed by atoms with Crippen LogP contribution in [0, 0.1) is 12.8 Å². The molecule has 7 heteroatoms. The third kappa shape index (κ3) is 3.20. The van der Waals surface area contributed by atoms with Crippen LogP contribution in [0.2, 0.25) is 0 Å². The van der Waals surface area contributed by atoms with Gasteiger partial charge >= 0.3 is 0 Å². The number of amides is 2. The van der Waals surface area contributed by atoms with Gasteiger partial charge in [-0.15, -0.1) is 11.3 Å². The van der Waals surface area contributed by atoms with E-state index >= 15 is 0 Å². The molecule has 1 aromatic carbocycles. The summed E-state index contributed by atoms with van der Waals surface area (Å²) < 4.78 is 0.955. The molecule has 0 aliphatic carbocycles. The zero-order valence-electron chi connectivity index (χ0n) is 11.9. The Morgan fingerprint density at radius 1 is 1.41 bits per heavy atom. The zero-order valence-corrected chi connectivity index (χ0v) is 14.3. The van der Waals surface area contributed by atoms with Crippen molar-refractivity contribution in [3.05, 3.63) is 39.8 Å². The maximum absolute atomic E-state index is 12.3. The number of carbonyl (C=O) groups is 2. The molecule has 0 spiro atoms. The number of benzene rings is 1. The van der Waals surface area contributed by atoms with Gasteiger partial charge in [-0.25, -0.2) is 4.98 Å². The van der Waals surface area contributed by atoms with E-state index in [1.165, 1.54) is 11.3 Å². The van der Waals surface area contributed by atoms with E-state index in [1.807, 2.05) is 31.2 Å². The highest BCUT2D eigenvalue weighted by atomic mass is 79.9. The minimum absolute atomic E-state index is 0.0298. The minimum atomic E-state index is -0.347. The number of aryl methyl sites for hydroxylation is 1. The SMILES string of the molecule is Cc1cnc(NC(=O)[C@H]2CC(=O)N(c3ccc(Br)cc3)C2)s1. The van der Waals surface area contributed by atoms with Gasteiger partial charge in [-0.1, -0.05) is 15.9 Å². The number of thiazole rings is 1. The Balaban J connectivity index is 1.68. The molecule has 2 aromatic rings. The Morgan fingerprint density at radius 3 is 2.77 bits per heavy atom. The molecule has 0 unspecified atom stereocenters. The smallest absolute Gasteiger partial charge is 0.231 e. The second kappa shape index (κ2) is 6.18. The largest absolute Gasteiger partial charge is 0.312 e. The first-order valence-corrected chi connectivity index (χ1v) is 8.43. The van der Waals surface area contributed by atoms with Crippen molar-refractivity contribution >= 4 is 49.9 Å². The number of hydrogen-bond donors (Lipinski definition) is 1. The Labute approximate surface area is 140 Å². The molecular weight excluding hydrogens is 366 g/mol. The van der Waals surface area contributed by atoms with Crippen LogP contribution in [0.5, 0.6) is 0 Å². The van der Waals surface area contributed by atoms with Crippen molar-refractivity contribution in [1.82, 2.24) is 4.98 Å². The van der Waals surface area contributed by atoms with Crippen molar-refractivity contribution in [3.8, 4) is 0 Å². The van der Waals surface area contributed by atoms with Crippen molar-refractivity contribution in [3.63, 3.8) is 0 Å². The summed E-state index contributed by atoms with van der Waals surface area (Å²) in [7, 11) is 0. The molecule has 1 N–H and O–H groups in total. The van der Waals surface area contributed by atoms with Crippen molar-refractivity contribution in [2.75, 3.05) is 16.8 Å². The Hall–Kier alpha value is -1.73. The molecule has 1 aliphatic heterocycles. The first-order chi connectivity index (χ1) is 10.5. The molecule has 0 bridgehead atoms. The second-order valence-electron chi connectivity index (χ2n) is 5.15. The lowest BCUT2D eigenvalue weighted by atomic mass is 10.1. The number of anilines is 2. The van der Waals surface area contributed by atoms with Crippen LogP contribution in [0.15, 0.2) is 34.9 Å². The van der Waals surface area contributed by atoms with Crippen LogP contribution in [0.3, 0.4) is 0 Å². The van der Waals surface area contributed by atoms with E-state index in [0.29, 0.717) is 11.7 Å². The van der Waals surface area contributed by atoms with Gasteiger partial charge < -0.3 is 10.2 Å². The van der Waals surface area contributed by atoms with Gasteiger partial charge in [0.25, 0.3) is 0 Å². The zero-order chi connectivity index (χ0) is 15.7. The highest BCUT2D eigenvalue weighted by Crippen LogP contribution is 2.27. The average Bonchev–Trinajstić information content (AvgIpc) is 3.06. The summed E-state index contributed by atoms with van der Waals surface area (Å²) in [4.78, 5) is 31.2. The Morgan fingerprint density at radius 2 is 2.14 bits per heavy atom. The van der Waals surface area contributed by atoms with Gasteiger partial charge in [0.2, 0.25) is 11.8 Å². The molecule has 2 amide bonds. The molecule has 22 heavy (non-hydrogen) atoms. The van der Waals surface area contributed by atoms with Gasteiger partial charge in [0.05, 0.1) is 5.92 Å². The lowest BCUT2D eigenvalue weighted by Crippen LogP contribution is -2.28. The molecule has 114 valence electrons. The highest BCUT2D eigenvalue weighted by molar-refractivity contribution is 9.10. The maximum Gasteiger partial charge on any atom is 0.231 e. The van der Waals surface area contributed by atoms with E-state index in [0.717, 1.165) is 15.0 Å². The van der Waals surface area contributed by atoms with E-state index in [1.54, 1.807) is 11.1 Å². The summed E-state index contributed by atoms with van der Waals surface area (Å²) in [5.74, 6) is -0.527. The fraction of sp³-hybridized carbons (Fsp3) is 0.267. The third-order valence-corrected chi connectivity index (χ3v) is 4.84. The van der Waals surface area contributed by atoms with Crippen LogP contribution in [0.4, 0.5) is 10.8 Å². The molecule has 1 saturated heterocycles. The summed E-state index contributed by atoms with van der Waals surface area (Å²) in [5, 5.41) is 3.37. The number of aromatic nitrogens is 1. The molecular formula is C15H14BrN3O2S. The molecule has 0 saturated carbocycles. The predicted octanol–water partition coefficient (Wildman–Crippen LogP) is 3.21. The fourth-order valence-electron chi connectivity index (χ4n) is 2.37. The van der Waals surface area contributed by atoms with Crippen LogP contribution < -0.4 is 10.2 Å². The van der Waals surface area contributed by atoms with Crippen LogP contribution in [0.25, 0.3) is 0 Å². The van der Waals surface area contributed by atoms with Crippen LogP contribution in [0.1, 0.15) is 11.3 Å². The van der Waals surface area contributed by atoms with E-state index in [-0.39, 0.29) is 24.2 Å². The lowest BCUT2D eigenvalue weighted by molar-refractivity contribution is -0.122. The standard InChI is InChI=1S/C15H14BrN3O2S/c1-9-7-17-15(22-9)18-14(21)10-6-13(20)19(8-10)12-4-2-11(16)3-5-12/h2-5,7,10H,6,8H2,1H3,(H,17,18,21)/t10-/m0/s1. The van der Waals surface area contributed by atoms with Crippen molar-refractivity contribution in [1.29, 1.82) is 0 Å². The first-order valence-electron chi connectivity index (χ1n) is 6.82. The monoisotopic (exact) mass is 379 g/mol. The van der Waals surface area contributed by atoms with Crippen LogP contribution in [-0.4, -0.2) is 23.3 Å². The summed E-state index contributed by atoms with van der Waals surface area (Å²) >= 11 is 4.80. The number of carbonyl (C=O) groups excluding carboxylic acids is 2. The van der Waals surface area contributed by atoms with Gasteiger partial charge in [-0.05, 0) is 31.2 Å². The van der Waals surface area contributed by atoms with Gasteiger partial charge in [0.1, 0.15) is 0 Å². The molecule has 2 heterocycles. The first kappa shape index (κ1) is 15.2.